The van der Waals surface area contributed by atoms with Gasteiger partial charge in [0.25, 0.3) is 0 Å². The van der Waals surface area contributed by atoms with Gasteiger partial charge in [-0.05, 0) is 18.2 Å². The predicted molar refractivity (Wildman–Crippen MR) is 79.0 cm³/mol. The van der Waals surface area contributed by atoms with Crippen LogP contribution in [0.3, 0.4) is 0 Å². The molecular weight excluding hydrogens is 295 g/mol. The molecule has 108 valence electrons. The minimum Gasteiger partial charge on any atom is -0.495 e. The second-order valence-electron chi connectivity index (χ2n) is 4.09. The number of nitriles is 1. The fourth-order valence-corrected chi connectivity index (χ4v) is 2.09. The number of methoxy groups -OCH3 is 2. The number of hydrogen-bond acceptors (Lipinski definition) is 4. The molecule has 0 amide bonds. The molecule has 4 nitrogen and oxygen atoms in total. The van der Waals surface area contributed by atoms with Gasteiger partial charge in [-0.15, -0.1) is 0 Å². The van der Waals surface area contributed by atoms with Gasteiger partial charge in [-0.25, -0.2) is 4.39 Å². The number of nitrogens with zero attached hydrogens (tertiary/aromatic N) is 1. The van der Waals surface area contributed by atoms with Crippen LogP contribution in [0.15, 0.2) is 30.3 Å². The molecule has 0 heterocycles. The van der Waals surface area contributed by atoms with E-state index in [-0.39, 0.29) is 5.56 Å². The van der Waals surface area contributed by atoms with Gasteiger partial charge >= 0.3 is 0 Å². The summed E-state index contributed by atoms with van der Waals surface area (Å²) in [5.74, 6) is 0.323. The van der Waals surface area contributed by atoms with Crippen molar-refractivity contribution in [3.8, 4) is 17.6 Å². The Balaban J connectivity index is 2.47. The highest BCUT2D eigenvalue weighted by Gasteiger charge is 2.13. The van der Waals surface area contributed by atoms with Crippen LogP contribution in [0.4, 0.5) is 15.8 Å². The van der Waals surface area contributed by atoms with E-state index in [9.17, 15) is 4.39 Å². The molecule has 0 radical (unpaired) electrons. The lowest BCUT2D eigenvalue weighted by molar-refractivity contribution is 0.396. The molecule has 2 rings (SSSR count). The van der Waals surface area contributed by atoms with Gasteiger partial charge in [-0.2, -0.15) is 5.26 Å². The second kappa shape index (κ2) is 6.33. The number of ether oxygens (including phenoxy) is 2. The van der Waals surface area contributed by atoms with E-state index in [0.29, 0.717) is 27.9 Å². The molecule has 6 heteroatoms. The summed E-state index contributed by atoms with van der Waals surface area (Å²) in [7, 11) is 2.98. The molecule has 0 aliphatic heterocycles. The maximum atomic E-state index is 13.6. The van der Waals surface area contributed by atoms with E-state index in [1.54, 1.807) is 18.2 Å². The van der Waals surface area contributed by atoms with Crippen molar-refractivity contribution in [3.63, 3.8) is 0 Å². The second-order valence-corrected chi connectivity index (χ2v) is 4.49. The molecule has 0 fully saturated rings. The van der Waals surface area contributed by atoms with Crippen LogP contribution >= 0.6 is 11.6 Å². The lowest BCUT2D eigenvalue weighted by Crippen LogP contribution is -1.99. The number of nitrogens with one attached hydrogen (secondary N) is 1. The van der Waals surface area contributed by atoms with Gasteiger partial charge in [0, 0.05) is 6.07 Å². The third-order valence-electron chi connectivity index (χ3n) is 2.87. The summed E-state index contributed by atoms with van der Waals surface area (Å²) < 4.78 is 23.9. The minimum atomic E-state index is -0.596. The summed E-state index contributed by atoms with van der Waals surface area (Å²) in [6, 6.07) is 9.35. The first kappa shape index (κ1) is 14.9. The van der Waals surface area contributed by atoms with Gasteiger partial charge in [0.05, 0.1) is 30.6 Å². The van der Waals surface area contributed by atoms with E-state index in [1.807, 2.05) is 6.07 Å². The van der Waals surface area contributed by atoms with Gasteiger partial charge in [0.15, 0.2) is 0 Å². The molecule has 0 saturated heterocycles. The van der Waals surface area contributed by atoms with E-state index in [2.05, 4.69) is 5.32 Å². The van der Waals surface area contributed by atoms with Gasteiger partial charge in [-0.1, -0.05) is 17.7 Å². The van der Waals surface area contributed by atoms with Gasteiger partial charge in [-0.3, -0.25) is 0 Å². The Bertz CT molecular complexity index is 714. The molecule has 0 aromatic heterocycles. The average molecular weight is 307 g/mol. The van der Waals surface area contributed by atoms with Crippen LogP contribution in [0.5, 0.6) is 11.5 Å². The standard InChI is InChI=1S/C15H12ClFN2O2/c1-20-14-7-15(21-2)13(6-10(14)16)19-12-5-3-4-11(17)9(12)8-18/h3-7,19H,1-2H3. The summed E-state index contributed by atoms with van der Waals surface area (Å²) >= 11 is 6.07. The highest BCUT2D eigenvalue weighted by atomic mass is 35.5. The zero-order chi connectivity index (χ0) is 15.4. The Kier molecular flexibility index (Phi) is 4.51. The fourth-order valence-electron chi connectivity index (χ4n) is 1.84. The molecule has 0 aliphatic carbocycles. The Morgan fingerprint density at radius 3 is 2.48 bits per heavy atom. The first-order valence-electron chi connectivity index (χ1n) is 5.98. The van der Waals surface area contributed by atoms with Crippen molar-refractivity contribution in [2.75, 3.05) is 19.5 Å². The summed E-state index contributed by atoms with van der Waals surface area (Å²) in [4.78, 5) is 0. The van der Waals surface area contributed by atoms with Gasteiger partial charge in [0.1, 0.15) is 28.9 Å². The molecule has 0 spiro atoms. The molecule has 0 bridgehead atoms. The molecule has 0 aliphatic rings. The molecule has 0 saturated carbocycles. The molecule has 2 aromatic rings. The van der Waals surface area contributed by atoms with E-state index in [0.717, 1.165) is 0 Å². The fraction of sp³-hybridized carbons (Fsp3) is 0.133. The third-order valence-corrected chi connectivity index (χ3v) is 3.16. The normalized spacial score (nSPS) is 9.86. The van der Waals surface area contributed by atoms with Crippen LogP contribution in [-0.2, 0) is 0 Å². The smallest absolute Gasteiger partial charge is 0.146 e. The number of halogens is 2. The van der Waals surface area contributed by atoms with E-state index in [1.165, 1.54) is 26.4 Å². The number of anilines is 2. The number of hydrogen-bond donors (Lipinski definition) is 1. The Morgan fingerprint density at radius 2 is 1.86 bits per heavy atom. The topological polar surface area (TPSA) is 54.3 Å². The molecule has 0 unspecified atom stereocenters. The summed E-state index contributed by atoms with van der Waals surface area (Å²) in [6.07, 6.45) is 0. The summed E-state index contributed by atoms with van der Waals surface area (Å²) in [6.45, 7) is 0. The Labute approximate surface area is 126 Å². The first-order valence-corrected chi connectivity index (χ1v) is 6.35. The Hall–Kier alpha value is -2.45. The summed E-state index contributed by atoms with van der Waals surface area (Å²) in [5.41, 5.74) is 0.758. The predicted octanol–water partition coefficient (Wildman–Crippen LogP) is 4.11. The maximum Gasteiger partial charge on any atom is 0.146 e. The Morgan fingerprint density at radius 1 is 1.14 bits per heavy atom. The van der Waals surface area contributed by atoms with Gasteiger partial charge in [0.2, 0.25) is 0 Å². The van der Waals surface area contributed by atoms with E-state index in [4.69, 9.17) is 26.3 Å². The monoisotopic (exact) mass is 306 g/mol. The zero-order valence-electron chi connectivity index (χ0n) is 11.4. The lowest BCUT2D eigenvalue weighted by atomic mass is 10.1. The third kappa shape index (κ3) is 3.01. The van der Waals surface area contributed by atoms with Crippen LogP contribution < -0.4 is 14.8 Å². The van der Waals surface area contributed by atoms with Gasteiger partial charge < -0.3 is 14.8 Å². The quantitative estimate of drug-likeness (QED) is 0.923. The first-order chi connectivity index (χ1) is 10.1. The van der Waals surface area contributed by atoms with E-state index >= 15 is 0 Å². The largest absolute Gasteiger partial charge is 0.495 e. The van der Waals surface area contributed by atoms with Crippen molar-refractivity contribution in [2.45, 2.75) is 0 Å². The van der Waals surface area contributed by atoms with Crippen molar-refractivity contribution in [3.05, 3.63) is 46.7 Å². The average Bonchev–Trinajstić information content (AvgIpc) is 2.48. The highest BCUT2D eigenvalue weighted by molar-refractivity contribution is 6.32. The summed E-state index contributed by atoms with van der Waals surface area (Å²) in [5, 5.41) is 12.4. The molecule has 2 aromatic carbocycles. The molecule has 1 N–H and O–H groups in total. The van der Waals surface area contributed by atoms with Crippen LogP contribution in [0.2, 0.25) is 5.02 Å². The molecular formula is C15H12ClFN2O2. The van der Waals surface area contributed by atoms with Crippen molar-refractivity contribution in [1.29, 1.82) is 5.26 Å². The number of benzene rings is 2. The maximum absolute atomic E-state index is 13.6. The SMILES string of the molecule is COc1cc(OC)c(Nc2cccc(F)c2C#N)cc1Cl. The molecule has 21 heavy (non-hydrogen) atoms. The van der Waals surface area contributed by atoms with Crippen LogP contribution in [0, 0.1) is 17.1 Å². The van der Waals surface area contributed by atoms with Crippen LogP contribution in [0.25, 0.3) is 0 Å². The lowest BCUT2D eigenvalue weighted by Gasteiger charge is -2.14. The number of rotatable bonds is 4. The van der Waals surface area contributed by atoms with Crippen molar-refractivity contribution < 1.29 is 13.9 Å². The van der Waals surface area contributed by atoms with Crippen LogP contribution in [0.1, 0.15) is 5.56 Å². The molecule has 0 atom stereocenters. The van der Waals surface area contributed by atoms with Crippen LogP contribution in [-0.4, -0.2) is 14.2 Å². The zero-order valence-corrected chi connectivity index (χ0v) is 12.2. The van der Waals surface area contributed by atoms with E-state index < -0.39 is 5.82 Å². The minimum absolute atomic E-state index is 0.0773. The van der Waals surface area contributed by atoms with Crippen molar-refractivity contribution in [2.24, 2.45) is 0 Å². The van der Waals surface area contributed by atoms with Crippen molar-refractivity contribution >= 4 is 23.0 Å². The highest BCUT2D eigenvalue weighted by Crippen LogP contribution is 2.37. The van der Waals surface area contributed by atoms with Crippen molar-refractivity contribution in [1.82, 2.24) is 0 Å².